The summed E-state index contributed by atoms with van der Waals surface area (Å²) in [4.78, 5) is 29.7. The first kappa shape index (κ1) is 14.7. The number of benzene rings is 1. The van der Waals surface area contributed by atoms with Crippen molar-refractivity contribution in [2.45, 2.75) is 18.9 Å². The van der Waals surface area contributed by atoms with Crippen LogP contribution < -0.4 is 4.90 Å². The number of carbonyl (C=O) groups is 2. The van der Waals surface area contributed by atoms with Gasteiger partial charge in [-0.1, -0.05) is 6.07 Å². The molecule has 0 bridgehead atoms. The predicted molar refractivity (Wildman–Crippen MR) is 82.7 cm³/mol. The monoisotopic (exact) mass is 303 g/mol. The molecular formula is C16H21N3O3. The summed E-state index contributed by atoms with van der Waals surface area (Å²) in [6.45, 7) is 2.76. The smallest absolute Gasteiger partial charge is 0.245 e. The summed E-state index contributed by atoms with van der Waals surface area (Å²) in [5.74, 6) is 0.364. The number of amides is 2. The lowest BCUT2D eigenvalue weighted by atomic mass is 10.1. The Morgan fingerprint density at radius 1 is 1.23 bits per heavy atom. The van der Waals surface area contributed by atoms with Gasteiger partial charge in [0.25, 0.3) is 0 Å². The molecule has 1 aromatic carbocycles. The van der Waals surface area contributed by atoms with Gasteiger partial charge in [-0.3, -0.25) is 9.59 Å². The van der Waals surface area contributed by atoms with E-state index >= 15 is 0 Å². The summed E-state index contributed by atoms with van der Waals surface area (Å²) in [6, 6.07) is 6.87. The quantitative estimate of drug-likeness (QED) is 0.872. The number of hydrogen-bond donors (Lipinski definition) is 1. The molecule has 1 N–H and O–H groups in total. The lowest BCUT2D eigenvalue weighted by molar-refractivity contribution is -0.140. The second-order valence-corrected chi connectivity index (χ2v) is 5.89. The molecule has 0 saturated carbocycles. The highest BCUT2D eigenvalue weighted by Crippen LogP contribution is 2.23. The molecule has 0 aromatic heterocycles. The van der Waals surface area contributed by atoms with Crippen LogP contribution in [0.5, 0.6) is 5.75 Å². The zero-order valence-electron chi connectivity index (χ0n) is 12.7. The van der Waals surface area contributed by atoms with Crippen LogP contribution in [-0.4, -0.2) is 66.0 Å². The normalized spacial score (nSPS) is 22.3. The maximum Gasteiger partial charge on any atom is 0.245 e. The Morgan fingerprint density at radius 2 is 1.95 bits per heavy atom. The average molecular weight is 303 g/mol. The topological polar surface area (TPSA) is 64.1 Å². The Labute approximate surface area is 129 Å². The number of aromatic hydroxyl groups is 1. The fourth-order valence-electron chi connectivity index (χ4n) is 3.18. The zero-order chi connectivity index (χ0) is 15.7. The lowest BCUT2D eigenvalue weighted by Crippen LogP contribution is -2.53. The summed E-state index contributed by atoms with van der Waals surface area (Å²) in [7, 11) is 1.71. The van der Waals surface area contributed by atoms with Crippen molar-refractivity contribution < 1.29 is 14.7 Å². The summed E-state index contributed by atoms with van der Waals surface area (Å²) in [5, 5.41) is 9.55. The Morgan fingerprint density at radius 3 is 2.55 bits per heavy atom. The highest BCUT2D eigenvalue weighted by molar-refractivity contribution is 5.90. The van der Waals surface area contributed by atoms with Crippen molar-refractivity contribution in [3.63, 3.8) is 0 Å². The van der Waals surface area contributed by atoms with E-state index in [0.29, 0.717) is 25.9 Å². The molecule has 2 fully saturated rings. The van der Waals surface area contributed by atoms with Crippen LogP contribution in [0.1, 0.15) is 12.8 Å². The van der Waals surface area contributed by atoms with Gasteiger partial charge >= 0.3 is 0 Å². The molecule has 2 amide bonds. The maximum atomic E-state index is 12.5. The molecule has 2 aliphatic rings. The summed E-state index contributed by atoms with van der Waals surface area (Å²) in [6.07, 6.45) is 1.09. The van der Waals surface area contributed by atoms with Gasteiger partial charge in [0.2, 0.25) is 11.8 Å². The number of hydrogen-bond acceptors (Lipinski definition) is 4. The molecule has 1 aromatic rings. The van der Waals surface area contributed by atoms with Gasteiger partial charge in [-0.15, -0.1) is 0 Å². The highest BCUT2D eigenvalue weighted by Gasteiger charge is 2.36. The van der Waals surface area contributed by atoms with Crippen LogP contribution in [-0.2, 0) is 9.59 Å². The van der Waals surface area contributed by atoms with Gasteiger partial charge in [-0.25, -0.2) is 0 Å². The molecule has 1 atom stereocenters. The van der Waals surface area contributed by atoms with Crippen molar-refractivity contribution in [1.82, 2.24) is 9.80 Å². The van der Waals surface area contributed by atoms with Crippen molar-refractivity contribution in [1.29, 1.82) is 0 Å². The van der Waals surface area contributed by atoms with Crippen LogP contribution in [0.15, 0.2) is 24.3 Å². The van der Waals surface area contributed by atoms with Gasteiger partial charge < -0.3 is 19.8 Å². The fourth-order valence-corrected chi connectivity index (χ4v) is 3.18. The van der Waals surface area contributed by atoms with Crippen molar-refractivity contribution >= 4 is 17.5 Å². The van der Waals surface area contributed by atoms with Crippen molar-refractivity contribution in [3.8, 4) is 5.75 Å². The summed E-state index contributed by atoms with van der Waals surface area (Å²) < 4.78 is 0. The number of anilines is 1. The van der Waals surface area contributed by atoms with E-state index in [4.69, 9.17) is 0 Å². The van der Waals surface area contributed by atoms with Crippen molar-refractivity contribution in [2.75, 3.05) is 38.1 Å². The molecule has 0 spiro atoms. The molecule has 0 radical (unpaired) electrons. The number of nitrogens with zero attached hydrogens (tertiary/aromatic N) is 3. The molecule has 3 rings (SSSR count). The van der Waals surface area contributed by atoms with Crippen LogP contribution in [0.4, 0.5) is 5.69 Å². The third-order valence-electron chi connectivity index (χ3n) is 4.56. The Kier molecular flexibility index (Phi) is 3.92. The first-order chi connectivity index (χ1) is 10.6. The summed E-state index contributed by atoms with van der Waals surface area (Å²) in [5.41, 5.74) is 0.972. The number of likely N-dealkylation sites (tertiary alicyclic amines) is 1. The minimum absolute atomic E-state index is 0.0525. The van der Waals surface area contributed by atoms with E-state index in [1.165, 1.54) is 0 Å². The standard InChI is InChI=1S/C16H21N3O3/c1-17-14(5-6-15(17)21)16(22)19-9-7-18(8-10-19)12-3-2-4-13(20)11-12/h2-4,11,14,20H,5-10H2,1H3. The van der Waals surface area contributed by atoms with E-state index in [2.05, 4.69) is 4.90 Å². The van der Waals surface area contributed by atoms with E-state index in [1.807, 2.05) is 17.0 Å². The largest absolute Gasteiger partial charge is 0.508 e. The number of piperazine rings is 1. The molecular weight excluding hydrogens is 282 g/mol. The van der Waals surface area contributed by atoms with E-state index in [0.717, 1.165) is 18.8 Å². The predicted octanol–water partition coefficient (Wildman–Crippen LogP) is 0.662. The zero-order valence-corrected chi connectivity index (χ0v) is 12.7. The van der Waals surface area contributed by atoms with Crippen molar-refractivity contribution in [3.05, 3.63) is 24.3 Å². The number of phenolic OH excluding ortho intramolecular Hbond substituents is 1. The van der Waals surface area contributed by atoms with Gasteiger partial charge in [0.1, 0.15) is 11.8 Å². The number of rotatable bonds is 2. The van der Waals surface area contributed by atoms with Gasteiger partial charge in [0.05, 0.1) is 0 Å². The third-order valence-corrected chi connectivity index (χ3v) is 4.56. The van der Waals surface area contributed by atoms with Crippen LogP contribution in [0.2, 0.25) is 0 Å². The van der Waals surface area contributed by atoms with E-state index < -0.39 is 0 Å². The first-order valence-corrected chi connectivity index (χ1v) is 7.64. The van der Waals surface area contributed by atoms with Gasteiger partial charge in [-0.05, 0) is 18.6 Å². The van der Waals surface area contributed by atoms with Gasteiger partial charge in [0, 0.05) is 51.4 Å². The third kappa shape index (κ3) is 2.73. The number of carbonyl (C=O) groups excluding carboxylic acids is 2. The molecule has 2 saturated heterocycles. The number of likely N-dealkylation sites (N-methyl/N-ethyl adjacent to an activating group) is 1. The van der Waals surface area contributed by atoms with Crippen LogP contribution in [0, 0.1) is 0 Å². The van der Waals surface area contributed by atoms with Crippen LogP contribution >= 0.6 is 0 Å². The van der Waals surface area contributed by atoms with Crippen LogP contribution in [0.25, 0.3) is 0 Å². The molecule has 2 aliphatic heterocycles. The minimum atomic E-state index is -0.292. The molecule has 1 unspecified atom stereocenters. The summed E-state index contributed by atoms with van der Waals surface area (Å²) >= 11 is 0. The van der Waals surface area contributed by atoms with Crippen molar-refractivity contribution in [2.24, 2.45) is 0 Å². The molecule has 6 heteroatoms. The van der Waals surface area contributed by atoms with Gasteiger partial charge in [0.15, 0.2) is 0 Å². The minimum Gasteiger partial charge on any atom is -0.508 e. The molecule has 118 valence electrons. The molecule has 22 heavy (non-hydrogen) atoms. The van der Waals surface area contributed by atoms with Gasteiger partial charge in [-0.2, -0.15) is 0 Å². The first-order valence-electron chi connectivity index (χ1n) is 7.64. The Hall–Kier alpha value is -2.24. The molecule has 2 heterocycles. The lowest BCUT2D eigenvalue weighted by Gasteiger charge is -2.38. The maximum absolute atomic E-state index is 12.5. The van der Waals surface area contributed by atoms with E-state index in [9.17, 15) is 14.7 Å². The molecule has 0 aliphatic carbocycles. The van der Waals surface area contributed by atoms with Crippen LogP contribution in [0.3, 0.4) is 0 Å². The SMILES string of the molecule is CN1C(=O)CCC1C(=O)N1CCN(c2cccc(O)c2)CC1. The highest BCUT2D eigenvalue weighted by atomic mass is 16.3. The second kappa shape index (κ2) is 5.87. The van der Waals surface area contributed by atoms with E-state index in [-0.39, 0.29) is 23.6 Å². The second-order valence-electron chi connectivity index (χ2n) is 5.89. The Balaban J connectivity index is 1.60. The Bertz CT molecular complexity index is 582. The number of phenols is 1. The van der Waals surface area contributed by atoms with E-state index in [1.54, 1.807) is 24.1 Å². The molecule has 6 nitrogen and oxygen atoms in total. The average Bonchev–Trinajstić information content (AvgIpc) is 2.86. The fraction of sp³-hybridized carbons (Fsp3) is 0.500.